The van der Waals surface area contributed by atoms with Gasteiger partial charge in [-0.25, -0.2) is 0 Å². The van der Waals surface area contributed by atoms with Gasteiger partial charge in [-0.2, -0.15) is 0 Å². The lowest BCUT2D eigenvalue weighted by molar-refractivity contribution is 0.348. The average molecular weight is 230 g/mol. The molecule has 1 aromatic carbocycles. The first-order valence-corrected chi connectivity index (χ1v) is 6.29. The predicted octanol–water partition coefficient (Wildman–Crippen LogP) is 2.19. The van der Waals surface area contributed by atoms with E-state index in [-0.39, 0.29) is 0 Å². The molecule has 0 aromatic heterocycles. The third-order valence-corrected chi connectivity index (χ3v) is 3.43. The number of hydrogen-bond acceptors (Lipinski definition) is 3. The van der Waals surface area contributed by atoms with Crippen molar-refractivity contribution in [1.29, 1.82) is 0 Å². The third kappa shape index (κ3) is 2.54. The summed E-state index contributed by atoms with van der Waals surface area (Å²) in [6.07, 6.45) is 4.95. The molecule has 2 aliphatic rings. The average Bonchev–Trinajstić information content (AvgIpc) is 3.15. The highest BCUT2D eigenvalue weighted by molar-refractivity contribution is 5.49. The smallest absolute Gasteiger partial charge is 0.115 e. The van der Waals surface area contributed by atoms with Crippen LogP contribution in [-0.4, -0.2) is 36.2 Å². The Hall–Kier alpha value is -1.64. The monoisotopic (exact) mass is 230 g/mol. The van der Waals surface area contributed by atoms with Gasteiger partial charge >= 0.3 is 0 Å². The van der Waals surface area contributed by atoms with E-state index in [9.17, 15) is 5.11 Å². The molecule has 1 aliphatic heterocycles. The molecule has 3 rings (SSSR count). The molecule has 3 heteroatoms. The van der Waals surface area contributed by atoms with E-state index in [1.807, 2.05) is 12.1 Å². The summed E-state index contributed by atoms with van der Waals surface area (Å²) in [6.45, 7) is 4.33. The Morgan fingerprint density at radius 3 is 2.18 bits per heavy atom. The van der Waals surface area contributed by atoms with Crippen LogP contribution in [-0.2, 0) is 0 Å². The van der Waals surface area contributed by atoms with Gasteiger partial charge in [0.2, 0.25) is 0 Å². The molecule has 1 aliphatic carbocycles. The van der Waals surface area contributed by atoms with Gasteiger partial charge < -0.3 is 14.9 Å². The summed E-state index contributed by atoms with van der Waals surface area (Å²) in [6, 6.07) is 7.50. The van der Waals surface area contributed by atoms with Crippen LogP contribution in [0.2, 0.25) is 0 Å². The van der Waals surface area contributed by atoms with E-state index < -0.39 is 0 Å². The molecule has 0 radical (unpaired) electrons. The van der Waals surface area contributed by atoms with Gasteiger partial charge in [0.25, 0.3) is 0 Å². The maximum atomic E-state index is 9.27. The number of benzene rings is 1. The van der Waals surface area contributed by atoms with Gasteiger partial charge in [0.15, 0.2) is 0 Å². The molecule has 0 amide bonds. The molecule has 2 fully saturated rings. The Bertz CT molecular complexity index is 410. The number of anilines is 1. The number of piperazine rings is 1. The summed E-state index contributed by atoms with van der Waals surface area (Å²) < 4.78 is 0. The zero-order chi connectivity index (χ0) is 11.7. The van der Waals surface area contributed by atoms with Crippen LogP contribution >= 0.6 is 0 Å². The van der Waals surface area contributed by atoms with E-state index in [1.165, 1.54) is 18.5 Å². The van der Waals surface area contributed by atoms with E-state index in [1.54, 1.807) is 17.7 Å². The van der Waals surface area contributed by atoms with Crippen molar-refractivity contribution < 1.29 is 5.11 Å². The molecule has 1 aromatic rings. The predicted molar refractivity (Wildman–Crippen MR) is 69.2 cm³/mol. The van der Waals surface area contributed by atoms with Crippen LogP contribution in [0.4, 0.5) is 5.69 Å². The highest BCUT2D eigenvalue weighted by atomic mass is 16.3. The van der Waals surface area contributed by atoms with Crippen molar-refractivity contribution in [3.63, 3.8) is 0 Å². The Morgan fingerprint density at radius 1 is 0.941 bits per heavy atom. The number of hydrogen-bond donors (Lipinski definition) is 1. The molecule has 0 atom stereocenters. The van der Waals surface area contributed by atoms with Crippen LogP contribution < -0.4 is 4.90 Å². The molecule has 0 bridgehead atoms. The topological polar surface area (TPSA) is 26.7 Å². The third-order valence-electron chi connectivity index (χ3n) is 3.43. The van der Waals surface area contributed by atoms with Crippen molar-refractivity contribution in [2.75, 3.05) is 31.1 Å². The van der Waals surface area contributed by atoms with E-state index in [0.29, 0.717) is 5.75 Å². The van der Waals surface area contributed by atoms with Gasteiger partial charge in [-0.15, -0.1) is 0 Å². The molecule has 1 saturated heterocycles. The Kier molecular flexibility index (Phi) is 2.67. The lowest BCUT2D eigenvalue weighted by Crippen LogP contribution is -2.44. The van der Waals surface area contributed by atoms with E-state index >= 15 is 0 Å². The van der Waals surface area contributed by atoms with E-state index in [2.05, 4.69) is 16.0 Å². The fourth-order valence-electron chi connectivity index (χ4n) is 2.23. The number of allylic oxidation sites excluding steroid dienone is 1. The molecule has 0 spiro atoms. The molecular formula is C14H18N2O. The summed E-state index contributed by atoms with van der Waals surface area (Å²) >= 11 is 0. The largest absolute Gasteiger partial charge is 0.508 e. The Balaban J connectivity index is 1.60. The zero-order valence-electron chi connectivity index (χ0n) is 9.97. The van der Waals surface area contributed by atoms with Crippen molar-refractivity contribution in [2.24, 2.45) is 0 Å². The van der Waals surface area contributed by atoms with Crippen molar-refractivity contribution in [3.8, 4) is 5.75 Å². The molecule has 3 nitrogen and oxygen atoms in total. The number of phenolic OH excluding ortho intramolecular Hbond substituents is 1. The lowest BCUT2D eigenvalue weighted by Gasteiger charge is -2.35. The fraction of sp³-hybridized carbons (Fsp3) is 0.429. The van der Waals surface area contributed by atoms with Crippen LogP contribution in [0.25, 0.3) is 0 Å². The molecule has 0 unspecified atom stereocenters. The van der Waals surface area contributed by atoms with Gasteiger partial charge in [-0.1, -0.05) is 5.57 Å². The second kappa shape index (κ2) is 4.32. The fourth-order valence-corrected chi connectivity index (χ4v) is 2.23. The summed E-state index contributed by atoms with van der Waals surface area (Å²) in [5.41, 5.74) is 2.81. The van der Waals surface area contributed by atoms with Crippen LogP contribution in [0.1, 0.15) is 12.8 Å². The number of phenols is 1. The first-order valence-electron chi connectivity index (χ1n) is 6.29. The highest BCUT2D eigenvalue weighted by Gasteiger charge is 2.18. The second-order valence-electron chi connectivity index (χ2n) is 4.83. The molecule has 1 saturated carbocycles. The van der Waals surface area contributed by atoms with Gasteiger partial charge in [0.1, 0.15) is 5.75 Å². The maximum Gasteiger partial charge on any atom is 0.115 e. The Labute approximate surface area is 102 Å². The first-order chi connectivity index (χ1) is 8.31. The summed E-state index contributed by atoms with van der Waals surface area (Å²) in [4.78, 5) is 4.81. The molecule has 1 N–H and O–H groups in total. The van der Waals surface area contributed by atoms with Crippen molar-refractivity contribution in [2.45, 2.75) is 12.8 Å². The number of rotatable bonds is 2. The highest BCUT2D eigenvalue weighted by Crippen LogP contribution is 2.28. The van der Waals surface area contributed by atoms with Gasteiger partial charge in [-0.3, -0.25) is 0 Å². The van der Waals surface area contributed by atoms with Crippen molar-refractivity contribution >= 4 is 5.69 Å². The molecule has 1 heterocycles. The second-order valence-corrected chi connectivity index (χ2v) is 4.83. The van der Waals surface area contributed by atoms with E-state index in [0.717, 1.165) is 26.2 Å². The number of aromatic hydroxyl groups is 1. The van der Waals surface area contributed by atoms with Gasteiger partial charge in [0.05, 0.1) is 0 Å². The minimum atomic E-state index is 0.339. The Morgan fingerprint density at radius 2 is 1.59 bits per heavy atom. The standard InChI is InChI=1S/C14H18N2O/c17-14-5-3-13(4-6-14)16-9-7-15(8-10-16)11-12-1-2-12/h3-6,11,17H,1-2,7-10H2. The van der Waals surface area contributed by atoms with Crippen LogP contribution in [0.5, 0.6) is 5.75 Å². The SMILES string of the molecule is Oc1ccc(N2CCN(C=C3CC3)CC2)cc1. The first kappa shape index (κ1) is 10.5. The van der Waals surface area contributed by atoms with Crippen molar-refractivity contribution in [1.82, 2.24) is 4.90 Å². The lowest BCUT2D eigenvalue weighted by atomic mass is 10.2. The quantitative estimate of drug-likeness (QED) is 0.843. The van der Waals surface area contributed by atoms with Gasteiger partial charge in [0, 0.05) is 31.9 Å². The maximum absolute atomic E-state index is 9.27. The number of nitrogens with zero attached hydrogens (tertiary/aromatic N) is 2. The van der Waals surface area contributed by atoms with Crippen LogP contribution in [0.3, 0.4) is 0 Å². The van der Waals surface area contributed by atoms with Crippen LogP contribution in [0, 0.1) is 0 Å². The summed E-state index contributed by atoms with van der Waals surface area (Å²) in [5, 5.41) is 9.27. The minimum absolute atomic E-state index is 0.339. The minimum Gasteiger partial charge on any atom is -0.508 e. The van der Waals surface area contributed by atoms with Crippen LogP contribution in [0.15, 0.2) is 36.0 Å². The summed E-state index contributed by atoms with van der Waals surface area (Å²) in [7, 11) is 0. The summed E-state index contributed by atoms with van der Waals surface area (Å²) in [5.74, 6) is 0.339. The molecular weight excluding hydrogens is 212 g/mol. The van der Waals surface area contributed by atoms with Gasteiger partial charge in [-0.05, 0) is 43.3 Å². The van der Waals surface area contributed by atoms with E-state index in [4.69, 9.17) is 0 Å². The zero-order valence-corrected chi connectivity index (χ0v) is 9.97. The molecule has 90 valence electrons. The van der Waals surface area contributed by atoms with Crippen molar-refractivity contribution in [3.05, 3.63) is 36.0 Å². The normalized spacial score (nSPS) is 19.4. The molecule has 17 heavy (non-hydrogen) atoms.